The van der Waals surface area contributed by atoms with E-state index in [0.29, 0.717) is 16.7 Å². The highest BCUT2D eigenvalue weighted by molar-refractivity contribution is 7.60. The molecule has 10 heteroatoms. The van der Waals surface area contributed by atoms with Crippen LogP contribution in [0.3, 0.4) is 0 Å². The Bertz CT molecular complexity index is 1220. The largest absolute Gasteiger partial charge is 0.492 e. The van der Waals surface area contributed by atoms with Crippen LogP contribution in [0.1, 0.15) is 22.3 Å². The lowest BCUT2D eigenvalue weighted by molar-refractivity contribution is 0.350. The summed E-state index contributed by atoms with van der Waals surface area (Å²) in [6, 6.07) is 10.6. The van der Waals surface area contributed by atoms with E-state index in [1.165, 1.54) is 26.5 Å². The average Bonchev–Trinajstić information content (AvgIpc) is 2.73. The topological polar surface area (TPSA) is 154 Å². The van der Waals surface area contributed by atoms with E-state index in [0.717, 1.165) is 5.56 Å². The van der Waals surface area contributed by atoms with Crippen molar-refractivity contribution in [2.45, 2.75) is 6.42 Å². The first kappa shape index (κ1) is 22.1. The van der Waals surface area contributed by atoms with Gasteiger partial charge in [0, 0.05) is 23.7 Å². The van der Waals surface area contributed by atoms with E-state index in [4.69, 9.17) is 20.9 Å². The van der Waals surface area contributed by atoms with E-state index in [1.54, 1.807) is 0 Å². The van der Waals surface area contributed by atoms with Gasteiger partial charge in [0.1, 0.15) is 11.1 Å². The van der Waals surface area contributed by atoms with Crippen LogP contribution in [0.5, 0.6) is 11.5 Å². The van der Waals surface area contributed by atoms with Crippen LogP contribution in [0.25, 0.3) is 0 Å². The number of nitrogens with zero attached hydrogens (tertiary/aromatic N) is 2. The van der Waals surface area contributed by atoms with Crippen molar-refractivity contribution >= 4 is 24.7 Å². The van der Waals surface area contributed by atoms with Crippen LogP contribution >= 0.6 is 7.60 Å². The fraction of sp³-hybridized carbons (Fsp3) is 0.143. The lowest BCUT2D eigenvalue weighted by Crippen LogP contribution is -2.14. The molecule has 0 spiro atoms. The molecule has 1 heterocycles. The zero-order valence-electron chi connectivity index (χ0n) is 16.9. The SMILES string of the molecule is COc1c(P(=O)(O)O)cc(Cc2cnc(N)nc2N)c(C#Cc2ccccc2)c1OC. The highest BCUT2D eigenvalue weighted by Crippen LogP contribution is 2.44. The zero-order valence-corrected chi connectivity index (χ0v) is 17.8. The molecule has 160 valence electrons. The molecule has 1 aromatic heterocycles. The zero-order chi connectivity index (χ0) is 22.6. The van der Waals surface area contributed by atoms with E-state index >= 15 is 0 Å². The van der Waals surface area contributed by atoms with Crippen molar-refractivity contribution in [2.75, 3.05) is 25.7 Å². The van der Waals surface area contributed by atoms with Crippen molar-refractivity contribution in [3.05, 3.63) is 64.8 Å². The summed E-state index contributed by atoms with van der Waals surface area (Å²) in [6.45, 7) is 0. The predicted octanol–water partition coefficient (Wildman–Crippen LogP) is 1.45. The van der Waals surface area contributed by atoms with Crippen LogP contribution in [-0.2, 0) is 11.0 Å². The Kier molecular flexibility index (Phi) is 6.47. The number of hydrogen-bond acceptors (Lipinski definition) is 7. The number of aromatic nitrogens is 2. The van der Waals surface area contributed by atoms with Crippen molar-refractivity contribution in [3.63, 3.8) is 0 Å². The second kappa shape index (κ2) is 9.06. The summed E-state index contributed by atoms with van der Waals surface area (Å²) >= 11 is 0. The summed E-state index contributed by atoms with van der Waals surface area (Å²) in [6.07, 6.45) is 1.60. The smallest absolute Gasteiger partial charge is 0.360 e. The molecule has 3 aromatic rings. The molecule has 0 atom stereocenters. The van der Waals surface area contributed by atoms with Gasteiger partial charge in [0.05, 0.1) is 19.8 Å². The maximum Gasteiger partial charge on any atom is 0.360 e. The van der Waals surface area contributed by atoms with Crippen LogP contribution in [0.15, 0.2) is 42.6 Å². The van der Waals surface area contributed by atoms with Gasteiger partial charge in [-0.1, -0.05) is 30.0 Å². The number of benzene rings is 2. The van der Waals surface area contributed by atoms with Crippen molar-refractivity contribution in [3.8, 4) is 23.3 Å². The van der Waals surface area contributed by atoms with Crippen LogP contribution in [-0.4, -0.2) is 34.0 Å². The van der Waals surface area contributed by atoms with Gasteiger partial charge in [-0.05, 0) is 23.8 Å². The lowest BCUT2D eigenvalue weighted by atomic mass is 9.99. The molecule has 31 heavy (non-hydrogen) atoms. The summed E-state index contributed by atoms with van der Waals surface area (Å²) in [7, 11) is -2.02. The first-order chi connectivity index (χ1) is 14.7. The molecule has 2 aromatic carbocycles. The number of ether oxygens (including phenoxy) is 2. The minimum Gasteiger partial charge on any atom is -0.492 e. The van der Waals surface area contributed by atoms with Crippen LogP contribution < -0.4 is 26.2 Å². The molecule has 0 aliphatic carbocycles. The quantitative estimate of drug-likeness (QED) is 0.341. The predicted molar refractivity (Wildman–Crippen MR) is 117 cm³/mol. The Balaban J connectivity index is 2.27. The number of rotatable bonds is 5. The molecule has 0 aliphatic heterocycles. The summed E-state index contributed by atoms with van der Waals surface area (Å²) in [4.78, 5) is 27.6. The van der Waals surface area contributed by atoms with E-state index in [1.807, 2.05) is 30.3 Å². The van der Waals surface area contributed by atoms with Gasteiger partial charge in [-0.2, -0.15) is 4.98 Å². The molecule has 3 rings (SSSR count). The van der Waals surface area contributed by atoms with Gasteiger partial charge < -0.3 is 30.7 Å². The monoisotopic (exact) mass is 440 g/mol. The Morgan fingerprint density at radius 2 is 1.71 bits per heavy atom. The summed E-state index contributed by atoms with van der Waals surface area (Å²) < 4.78 is 22.9. The molecule has 0 bridgehead atoms. The minimum absolute atomic E-state index is 0.0218. The molecule has 0 radical (unpaired) electrons. The summed E-state index contributed by atoms with van der Waals surface area (Å²) in [5, 5.41) is -0.318. The van der Waals surface area contributed by atoms with Crippen LogP contribution in [0.4, 0.5) is 11.8 Å². The fourth-order valence-electron chi connectivity index (χ4n) is 3.00. The molecule has 0 saturated heterocycles. The number of anilines is 2. The molecule has 6 N–H and O–H groups in total. The normalized spacial score (nSPS) is 10.8. The highest BCUT2D eigenvalue weighted by atomic mass is 31.2. The third kappa shape index (κ3) is 4.95. The van der Waals surface area contributed by atoms with Crippen molar-refractivity contribution in [1.82, 2.24) is 9.97 Å². The van der Waals surface area contributed by atoms with Gasteiger partial charge in [-0.25, -0.2) is 4.98 Å². The molecule has 9 nitrogen and oxygen atoms in total. The van der Waals surface area contributed by atoms with E-state index < -0.39 is 7.60 Å². The van der Waals surface area contributed by atoms with Gasteiger partial charge in [-0.3, -0.25) is 4.57 Å². The van der Waals surface area contributed by atoms with Gasteiger partial charge in [0.15, 0.2) is 11.5 Å². The fourth-order valence-corrected chi connectivity index (χ4v) is 3.78. The van der Waals surface area contributed by atoms with Gasteiger partial charge in [-0.15, -0.1) is 0 Å². The number of nitrogens with two attached hydrogens (primary N) is 2. The standard InChI is InChI=1S/C21H21N4O5P/c1-29-18-16(9-8-13-6-4-3-5-7-13)14(10-15-12-24-21(23)25-20(15)22)11-17(19(18)30-2)31(26,27)28/h3-7,11-12H,10H2,1-2H3,(H2,26,27,28)(H4,22,23,24,25). The second-order valence-electron chi connectivity index (χ2n) is 6.47. The summed E-state index contributed by atoms with van der Waals surface area (Å²) in [5.74, 6) is 6.27. The van der Waals surface area contributed by atoms with Crippen LogP contribution in [0, 0.1) is 11.8 Å². The lowest BCUT2D eigenvalue weighted by Gasteiger charge is -2.18. The van der Waals surface area contributed by atoms with E-state index in [2.05, 4.69) is 21.8 Å². The first-order valence-corrected chi connectivity index (χ1v) is 10.6. The minimum atomic E-state index is -4.70. The van der Waals surface area contributed by atoms with Gasteiger partial charge in [0.25, 0.3) is 0 Å². The Morgan fingerprint density at radius 1 is 1.03 bits per heavy atom. The van der Waals surface area contributed by atoms with E-state index in [9.17, 15) is 14.4 Å². The molecule has 0 saturated carbocycles. The third-order valence-electron chi connectivity index (χ3n) is 4.42. The maximum atomic E-state index is 12.1. The molecular weight excluding hydrogens is 419 g/mol. The number of hydrogen-bond donors (Lipinski definition) is 4. The van der Waals surface area contributed by atoms with Crippen LogP contribution in [0.2, 0.25) is 0 Å². The number of nitrogen functional groups attached to an aromatic ring is 2. The number of methoxy groups -OCH3 is 2. The highest BCUT2D eigenvalue weighted by Gasteiger charge is 2.29. The Morgan fingerprint density at radius 3 is 2.29 bits per heavy atom. The maximum absolute atomic E-state index is 12.1. The van der Waals surface area contributed by atoms with Gasteiger partial charge in [0.2, 0.25) is 5.95 Å². The van der Waals surface area contributed by atoms with Crippen molar-refractivity contribution in [1.29, 1.82) is 0 Å². The first-order valence-electron chi connectivity index (χ1n) is 9.02. The summed E-state index contributed by atoms with van der Waals surface area (Å²) in [5.41, 5.74) is 13.6. The third-order valence-corrected chi connectivity index (χ3v) is 5.38. The molecular formula is C21H21N4O5P. The molecule has 0 aliphatic rings. The van der Waals surface area contributed by atoms with E-state index in [-0.39, 0.29) is 35.0 Å². The molecule has 0 amide bonds. The Hall–Kier alpha value is -3.57. The van der Waals surface area contributed by atoms with Crippen molar-refractivity contribution < 1.29 is 23.8 Å². The second-order valence-corrected chi connectivity index (χ2v) is 8.04. The molecule has 0 unspecified atom stereocenters. The Labute approximate surface area is 179 Å². The molecule has 0 fully saturated rings. The van der Waals surface area contributed by atoms with Gasteiger partial charge >= 0.3 is 7.60 Å². The van der Waals surface area contributed by atoms with Crippen molar-refractivity contribution in [2.24, 2.45) is 0 Å². The average molecular weight is 440 g/mol.